The minimum atomic E-state index is -0.395. The maximum Gasteiger partial charge on any atom is 0.273 e. The number of carbonyl (C=O) groups excluding carboxylic acids is 1. The predicted octanol–water partition coefficient (Wildman–Crippen LogP) is 5.96. The molecule has 0 N–H and O–H groups in total. The minimum absolute atomic E-state index is 0.0805. The van der Waals surface area contributed by atoms with Crippen LogP contribution >= 0.6 is 34.7 Å². The third kappa shape index (κ3) is 4.95. The fourth-order valence-corrected chi connectivity index (χ4v) is 5.26. The van der Waals surface area contributed by atoms with Gasteiger partial charge in [-0.2, -0.15) is 0 Å². The average molecular weight is 502 g/mol. The number of halogens is 2. The number of nitrogens with zero attached hydrogens (tertiary/aromatic N) is 5. The van der Waals surface area contributed by atoms with E-state index in [4.69, 9.17) is 11.6 Å². The molecular weight excluding hydrogens is 481 g/mol. The molecule has 0 aliphatic rings. The van der Waals surface area contributed by atoms with Gasteiger partial charge in [0.2, 0.25) is 0 Å². The van der Waals surface area contributed by atoms with Crippen molar-refractivity contribution in [1.82, 2.24) is 24.6 Å². The van der Waals surface area contributed by atoms with Gasteiger partial charge in [-0.3, -0.25) is 9.36 Å². The van der Waals surface area contributed by atoms with Gasteiger partial charge in [-0.05, 0) is 38.1 Å². The summed E-state index contributed by atoms with van der Waals surface area (Å²) in [6, 6.07) is 13.7. The standard InChI is InChI=1S/C23H21ClFN5OS2/c1-3-29(4-2)22(31)18-13-32-20(26-18)14-33-23-28-27-21(15-9-5-6-10-16(15)24)30(23)19-12-8-7-11-17(19)25/h5-13H,3-4,14H2,1-2H3. The Labute approximate surface area is 204 Å². The molecule has 0 radical (unpaired) electrons. The lowest BCUT2D eigenvalue weighted by Crippen LogP contribution is -2.30. The number of thiazole rings is 1. The maximum atomic E-state index is 14.8. The first kappa shape index (κ1) is 23.4. The van der Waals surface area contributed by atoms with Gasteiger partial charge in [0.05, 0.1) is 16.5 Å². The highest BCUT2D eigenvalue weighted by Crippen LogP contribution is 2.34. The van der Waals surface area contributed by atoms with Crippen LogP contribution in [0.5, 0.6) is 0 Å². The molecule has 170 valence electrons. The van der Waals surface area contributed by atoms with Crippen LogP contribution in [-0.2, 0) is 5.75 Å². The van der Waals surface area contributed by atoms with E-state index in [0.717, 1.165) is 5.01 Å². The molecular formula is C23H21ClFN5OS2. The molecule has 0 atom stereocenters. The molecule has 10 heteroatoms. The lowest BCUT2D eigenvalue weighted by molar-refractivity contribution is 0.0768. The van der Waals surface area contributed by atoms with E-state index in [1.54, 1.807) is 39.1 Å². The van der Waals surface area contributed by atoms with Crippen molar-refractivity contribution in [2.24, 2.45) is 0 Å². The van der Waals surface area contributed by atoms with Gasteiger partial charge in [-0.15, -0.1) is 21.5 Å². The van der Waals surface area contributed by atoms with Crippen molar-refractivity contribution in [3.63, 3.8) is 0 Å². The van der Waals surface area contributed by atoms with E-state index in [9.17, 15) is 9.18 Å². The van der Waals surface area contributed by atoms with Gasteiger partial charge in [-0.1, -0.05) is 47.6 Å². The monoisotopic (exact) mass is 501 g/mol. The van der Waals surface area contributed by atoms with E-state index in [1.807, 2.05) is 32.0 Å². The molecule has 0 spiro atoms. The highest BCUT2D eigenvalue weighted by Gasteiger charge is 2.21. The van der Waals surface area contributed by atoms with E-state index in [0.29, 0.717) is 51.8 Å². The number of hydrogen-bond donors (Lipinski definition) is 0. The number of amides is 1. The van der Waals surface area contributed by atoms with Crippen LogP contribution in [-0.4, -0.2) is 43.6 Å². The number of thioether (sulfide) groups is 1. The molecule has 4 rings (SSSR count). The zero-order valence-corrected chi connectivity index (χ0v) is 20.4. The Morgan fingerprint density at radius 3 is 2.58 bits per heavy atom. The Morgan fingerprint density at radius 2 is 1.85 bits per heavy atom. The molecule has 0 unspecified atom stereocenters. The topological polar surface area (TPSA) is 63.9 Å². The van der Waals surface area contributed by atoms with Crippen LogP contribution < -0.4 is 0 Å². The first-order valence-corrected chi connectivity index (χ1v) is 12.6. The number of aromatic nitrogens is 4. The van der Waals surface area contributed by atoms with Gasteiger partial charge in [0.15, 0.2) is 11.0 Å². The summed E-state index contributed by atoms with van der Waals surface area (Å²) in [4.78, 5) is 18.8. The van der Waals surface area contributed by atoms with Crippen LogP contribution in [0.15, 0.2) is 59.1 Å². The van der Waals surface area contributed by atoms with Crippen molar-refractivity contribution in [3.05, 3.63) is 75.5 Å². The number of para-hydroxylation sites is 1. The fourth-order valence-electron chi connectivity index (χ4n) is 3.31. The third-order valence-electron chi connectivity index (χ3n) is 4.99. The van der Waals surface area contributed by atoms with E-state index in [-0.39, 0.29) is 5.91 Å². The lowest BCUT2D eigenvalue weighted by atomic mass is 10.2. The summed E-state index contributed by atoms with van der Waals surface area (Å²) in [5.74, 6) is 0.437. The lowest BCUT2D eigenvalue weighted by Gasteiger charge is -2.16. The van der Waals surface area contributed by atoms with Crippen molar-refractivity contribution in [2.45, 2.75) is 24.8 Å². The van der Waals surface area contributed by atoms with E-state index < -0.39 is 5.82 Å². The van der Waals surface area contributed by atoms with Gasteiger partial charge >= 0.3 is 0 Å². The molecule has 0 saturated heterocycles. The summed E-state index contributed by atoms with van der Waals surface area (Å²) < 4.78 is 16.4. The summed E-state index contributed by atoms with van der Waals surface area (Å²) in [7, 11) is 0. The third-order valence-corrected chi connectivity index (χ3v) is 7.29. The highest BCUT2D eigenvalue weighted by atomic mass is 35.5. The first-order valence-electron chi connectivity index (χ1n) is 10.3. The van der Waals surface area contributed by atoms with Crippen LogP contribution in [0.25, 0.3) is 17.1 Å². The maximum absolute atomic E-state index is 14.8. The fraction of sp³-hybridized carbons (Fsp3) is 0.217. The second kappa shape index (κ2) is 10.5. The van der Waals surface area contributed by atoms with Crippen molar-refractivity contribution < 1.29 is 9.18 Å². The van der Waals surface area contributed by atoms with Crippen LogP contribution in [0.4, 0.5) is 4.39 Å². The summed E-state index contributed by atoms with van der Waals surface area (Å²) in [6.07, 6.45) is 0. The minimum Gasteiger partial charge on any atom is -0.338 e. The van der Waals surface area contributed by atoms with Gasteiger partial charge < -0.3 is 4.90 Å². The van der Waals surface area contributed by atoms with Gasteiger partial charge in [0.25, 0.3) is 5.91 Å². The zero-order valence-electron chi connectivity index (χ0n) is 18.0. The molecule has 0 bridgehead atoms. The number of benzene rings is 2. The van der Waals surface area contributed by atoms with Crippen LogP contribution in [0.2, 0.25) is 5.02 Å². The number of hydrogen-bond acceptors (Lipinski definition) is 6. The van der Waals surface area contributed by atoms with Crippen molar-refractivity contribution >= 4 is 40.6 Å². The number of rotatable bonds is 8. The Bertz CT molecular complexity index is 1270. The zero-order chi connectivity index (χ0) is 23.4. The Balaban J connectivity index is 1.65. The van der Waals surface area contributed by atoms with E-state index >= 15 is 0 Å². The molecule has 0 saturated carbocycles. The number of carbonyl (C=O) groups is 1. The van der Waals surface area contributed by atoms with Crippen molar-refractivity contribution in [1.29, 1.82) is 0 Å². The normalized spacial score (nSPS) is 11.0. The Kier molecular flexibility index (Phi) is 7.42. The molecule has 2 aromatic heterocycles. The Hall–Kier alpha value is -2.75. The molecule has 33 heavy (non-hydrogen) atoms. The van der Waals surface area contributed by atoms with Gasteiger partial charge in [0.1, 0.15) is 16.5 Å². The molecule has 2 aromatic carbocycles. The second-order valence-electron chi connectivity index (χ2n) is 6.97. The van der Waals surface area contributed by atoms with Crippen LogP contribution in [0.3, 0.4) is 0 Å². The second-order valence-corrected chi connectivity index (χ2v) is 9.26. The highest BCUT2D eigenvalue weighted by molar-refractivity contribution is 7.98. The van der Waals surface area contributed by atoms with Crippen molar-refractivity contribution in [2.75, 3.05) is 13.1 Å². The summed E-state index contributed by atoms with van der Waals surface area (Å²) in [6.45, 7) is 5.15. The smallest absolute Gasteiger partial charge is 0.273 e. The molecule has 0 fully saturated rings. The largest absolute Gasteiger partial charge is 0.338 e. The molecule has 6 nitrogen and oxygen atoms in total. The summed E-state index contributed by atoms with van der Waals surface area (Å²) in [5.41, 5.74) is 1.42. The summed E-state index contributed by atoms with van der Waals surface area (Å²) >= 11 is 9.18. The Morgan fingerprint density at radius 1 is 1.12 bits per heavy atom. The van der Waals surface area contributed by atoms with E-state index in [1.165, 1.54) is 29.2 Å². The van der Waals surface area contributed by atoms with Crippen molar-refractivity contribution in [3.8, 4) is 17.1 Å². The molecule has 2 heterocycles. The van der Waals surface area contributed by atoms with Gasteiger partial charge in [0, 0.05) is 24.0 Å². The van der Waals surface area contributed by atoms with Gasteiger partial charge in [-0.25, -0.2) is 9.37 Å². The molecule has 1 amide bonds. The molecule has 0 aliphatic carbocycles. The van der Waals surface area contributed by atoms with E-state index in [2.05, 4.69) is 15.2 Å². The van der Waals surface area contributed by atoms with Crippen LogP contribution in [0, 0.1) is 5.82 Å². The SMILES string of the molecule is CCN(CC)C(=O)c1csc(CSc2nnc(-c3ccccc3Cl)n2-c2ccccc2F)n1. The van der Waals surface area contributed by atoms with Crippen LogP contribution in [0.1, 0.15) is 29.3 Å². The molecule has 4 aromatic rings. The predicted molar refractivity (Wildman–Crippen MR) is 131 cm³/mol. The first-order chi connectivity index (χ1) is 16.0. The molecule has 0 aliphatic heterocycles. The quantitative estimate of drug-likeness (QED) is 0.279. The summed E-state index contributed by atoms with van der Waals surface area (Å²) in [5, 5.41) is 12.2. The average Bonchev–Trinajstić information content (AvgIpc) is 3.46.